The van der Waals surface area contributed by atoms with Gasteiger partial charge >= 0.3 is 7.82 Å². The zero-order valence-corrected chi connectivity index (χ0v) is 29.7. The van der Waals surface area contributed by atoms with Crippen molar-refractivity contribution >= 4 is 7.82 Å². The highest BCUT2D eigenvalue weighted by Crippen LogP contribution is 2.47. The van der Waals surface area contributed by atoms with E-state index in [-0.39, 0.29) is 37.6 Å². The standard InChI is InChI=1S/C32H67O10P/c1-9-17-19-35-21-27(11-3)37-23-29(13-5)39-25-31(15-7)41-43(33,34)42-32(16-8)26-40-30(14-6)24-38-28(12-4)22-36-20-18-10-2/h27-32H,9-26H2,1-8H3,(H,33,34). The first-order chi connectivity index (χ1) is 20.7. The van der Waals surface area contributed by atoms with Gasteiger partial charge in [-0.05, 0) is 51.4 Å². The Hall–Kier alpha value is -0.130. The second-order valence-electron chi connectivity index (χ2n) is 11.1. The van der Waals surface area contributed by atoms with Crippen LogP contribution in [0.4, 0.5) is 0 Å². The zero-order chi connectivity index (χ0) is 32.3. The fourth-order valence-corrected chi connectivity index (χ4v) is 5.10. The lowest BCUT2D eigenvalue weighted by atomic mass is 10.2. The lowest BCUT2D eigenvalue weighted by Gasteiger charge is -2.27. The molecule has 0 radical (unpaired) electrons. The second-order valence-corrected chi connectivity index (χ2v) is 12.4. The highest BCUT2D eigenvalue weighted by molar-refractivity contribution is 7.47. The fourth-order valence-electron chi connectivity index (χ4n) is 3.88. The Labute approximate surface area is 263 Å². The van der Waals surface area contributed by atoms with Crippen LogP contribution >= 0.6 is 7.82 Å². The Morgan fingerprint density at radius 2 is 0.744 bits per heavy atom. The summed E-state index contributed by atoms with van der Waals surface area (Å²) in [5.41, 5.74) is 0. The number of phosphoric ester groups is 1. The van der Waals surface area contributed by atoms with Crippen LogP contribution < -0.4 is 0 Å². The van der Waals surface area contributed by atoms with Crippen LogP contribution in [0.5, 0.6) is 0 Å². The summed E-state index contributed by atoms with van der Waals surface area (Å²) in [6, 6.07) is 0. The van der Waals surface area contributed by atoms with Crippen molar-refractivity contribution in [2.45, 2.75) is 156 Å². The molecular formula is C32H67O10P. The number of rotatable bonds is 32. The van der Waals surface area contributed by atoms with E-state index in [1.54, 1.807) is 0 Å². The third-order valence-electron chi connectivity index (χ3n) is 7.26. The predicted molar refractivity (Wildman–Crippen MR) is 172 cm³/mol. The van der Waals surface area contributed by atoms with E-state index in [1.165, 1.54) is 0 Å². The van der Waals surface area contributed by atoms with Gasteiger partial charge in [-0.25, -0.2) is 4.57 Å². The molecule has 11 heteroatoms. The third-order valence-corrected chi connectivity index (χ3v) is 8.39. The van der Waals surface area contributed by atoms with Gasteiger partial charge < -0.3 is 33.3 Å². The molecule has 0 heterocycles. The molecule has 6 unspecified atom stereocenters. The summed E-state index contributed by atoms with van der Waals surface area (Å²) in [6.07, 6.45) is 7.05. The van der Waals surface area contributed by atoms with Gasteiger partial charge in [0.1, 0.15) is 0 Å². The largest absolute Gasteiger partial charge is 0.472 e. The first-order valence-corrected chi connectivity index (χ1v) is 18.5. The average Bonchev–Trinajstić information content (AvgIpc) is 3.01. The van der Waals surface area contributed by atoms with E-state index >= 15 is 0 Å². The van der Waals surface area contributed by atoms with Gasteiger partial charge in [-0.1, -0.05) is 68.2 Å². The van der Waals surface area contributed by atoms with Crippen LogP contribution in [-0.4, -0.2) is 94.4 Å². The van der Waals surface area contributed by atoms with E-state index in [2.05, 4.69) is 27.7 Å². The molecule has 0 aromatic heterocycles. The number of phosphoric acid groups is 1. The normalized spacial score (nSPS) is 17.7. The Morgan fingerprint density at radius 1 is 0.465 bits per heavy atom. The van der Waals surface area contributed by atoms with Crippen LogP contribution in [-0.2, 0) is 42.0 Å². The van der Waals surface area contributed by atoms with E-state index in [0.29, 0.717) is 39.3 Å². The molecule has 0 aliphatic carbocycles. The topological polar surface area (TPSA) is 111 Å². The summed E-state index contributed by atoms with van der Waals surface area (Å²) in [6.45, 7) is 20.1. The molecule has 0 aliphatic heterocycles. The van der Waals surface area contributed by atoms with Gasteiger partial charge in [0.15, 0.2) is 0 Å². The Morgan fingerprint density at radius 3 is 1.02 bits per heavy atom. The van der Waals surface area contributed by atoms with Crippen molar-refractivity contribution in [3.05, 3.63) is 0 Å². The maximum atomic E-state index is 12.9. The molecule has 0 aromatic carbocycles. The highest BCUT2D eigenvalue weighted by Gasteiger charge is 2.30. The Kier molecular flexibility index (Phi) is 28.0. The predicted octanol–water partition coefficient (Wildman–Crippen LogP) is 7.49. The lowest BCUT2D eigenvalue weighted by Crippen LogP contribution is -2.30. The van der Waals surface area contributed by atoms with E-state index in [9.17, 15) is 9.46 Å². The zero-order valence-electron chi connectivity index (χ0n) is 28.8. The minimum absolute atomic E-state index is 0.0171. The van der Waals surface area contributed by atoms with Crippen LogP contribution in [0, 0.1) is 0 Å². The monoisotopic (exact) mass is 642 g/mol. The molecule has 10 nitrogen and oxygen atoms in total. The molecule has 43 heavy (non-hydrogen) atoms. The molecular weight excluding hydrogens is 575 g/mol. The first-order valence-electron chi connectivity index (χ1n) is 17.0. The second kappa shape index (κ2) is 28.1. The number of unbranched alkanes of at least 4 members (excludes halogenated alkanes) is 2. The van der Waals surface area contributed by atoms with Crippen LogP contribution in [0.15, 0.2) is 0 Å². The fraction of sp³-hybridized carbons (Fsp3) is 1.00. The molecule has 1 N–H and O–H groups in total. The maximum Gasteiger partial charge on any atom is 0.472 e. The molecule has 6 atom stereocenters. The van der Waals surface area contributed by atoms with Crippen LogP contribution in [0.2, 0.25) is 0 Å². The number of hydrogen-bond acceptors (Lipinski definition) is 9. The van der Waals surface area contributed by atoms with Crippen molar-refractivity contribution in [2.75, 3.05) is 52.9 Å². The van der Waals surface area contributed by atoms with Crippen LogP contribution in [0.3, 0.4) is 0 Å². The van der Waals surface area contributed by atoms with Crippen molar-refractivity contribution in [1.29, 1.82) is 0 Å². The van der Waals surface area contributed by atoms with E-state index < -0.39 is 20.0 Å². The molecule has 0 spiro atoms. The van der Waals surface area contributed by atoms with Gasteiger partial charge in [0, 0.05) is 13.2 Å². The quantitative estimate of drug-likeness (QED) is 0.0585. The maximum absolute atomic E-state index is 12.9. The third kappa shape index (κ3) is 22.9. The summed E-state index contributed by atoms with van der Waals surface area (Å²) < 4.78 is 59.5. The number of hydrogen-bond donors (Lipinski definition) is 1. The van der Waals surface area contributed by atoms with Gasteiger partial charge in [0.2, 0.25) is 0 Å². The van der Waals surface area contributed by atoms with Crippen molar-refractivity contribution < 1.29 is 46.9 Å². The highest BCUT2D eigenvalue weighted by atomic mass is 31.2. The van der Waals surface area contributed by atoms with E-state index in [0.717, 1.165) is 64.6 Å². The van der Waals surface area contributed by atoms with Gasteiger partial charge in [-0.3, -0.25) is 9.05 Å². The van der Waals surface area contributed by atoms with Gasteiger partial charge in [0.05, 0.1) is 76.3 Å². The van der Waals surface area contributed by atoms with Crippen molar-refractivity contribution in [3.8, 4) is 0 Å². The van der Waals surface area contributed by atoms with Crippen molar-refractivity contribution in [2.24, 2.45) is 0 Å². The number of ether oxygens (including phenoxy) is 6. The molecule has 0 rings (SSSR count). The smallest absolute Gasteiger partial charge is 0.379 e. The van der Waals surface area contributed by atoms with Crippen LogP contribution in [0.1, 0.15) is 120 Å². The summed E-state index contributed by atoms with van der Waals surface area (Å²) in [4.78, 5) is 10.5. The summed E-state index contributed by atoms with van der Waals surface area (Å²) in [5.74, 6) is 0. The van der Waals surface area contributed by atoms with E-state index in [4.69, 9.17) is 37.5 Å². The van der Waals surface area contributed by atoms with Crippen LogP contribution in [0.25, 0.3) is 0 Å². The molecule has 260 valence electrons. The molecule has 0 saturated heterocycles. The first kappa shape index (κ1) is 42.9. The van der Waals surface area contributed by atoms with E-state index in [1.807, 2.05) is 27.7 Å². The van der Waals surface area contributed by atoms with Crippen molar-refractivity contribution in [3.63, 3.8) is 0 Å². The Bertz CT molecular complexity index is 606. The molecule has 0 bridgehead atoms. The molecule has 0 amide bonds. The molecule has 0 aromatic rings. The SMILES string of the molecule is CCCCOCC(CC)OCC(CC)OCC(CC)OP(=O)(O)OC(CC)COC(CC)COC(CC)COCCCC. The van der Waals surface area contributed by atoms with Gasteiger partial charge in [-0.15, -0.1) is 0 Å². The summed E-state index contributed by atoms with van der Waals surface area (Å²) in [7, 11) is -4.34. The molecule has 0 fully saturated rings. The molecule has 0 saturated carbocycles. The summed E-state index contributed by atoms with van der Waals surface area (Å²) in [5, 5.41) is 0. The Balaban J connectivity index is 4.67. The average molecular weight is 643 g/mol. The van der Waals surface area contributed by atoms with Gasteiger partial charge in [-0.2, -0.15) is 0 Å². The van der Waals surface area contributed by atoms with Gasteiger partial charge in [0.25, 0.3) is 0 Å². The van der Waals surface area contributed by atoms with Crippen molar-refractivity contribution in [1.82, 2.24) is 0 Å². The summed E-state index contributed by atoms with van der Waals surface area (Å²) >= 11 is 0. The minimum Gasteiger partial charge on any atom is -0.379 e. The minimum atomic E-state index is -4.34. The molecule has 0 aliphatic rings. The lowest BCUT2D eigenvalue weighted by molar-refractivity contribution is -0.0908.